The van der Waals surface area contributed by atoms with Gasteiger partial charge < -0.3 is 20.5 Å². The average Bonchev–Trinajstić information content (AvgIpc) is 3.46. The number of nitrogens with one attached hydrogen (secondary N) is 1. The summed E-state index contributed by atoms with van der Waals surface area (Å²) in [6.07, 6.45) is -2.75. The van der Waals surface area contributed by atoms with Gasteiger partial charge in [0.05, 0.1) is 19.3 Å². The molecule has 30 heavy (non-hydrogen) atoms. The summed E-state index contributed by atoms with van der Waals surface area (Å²) in [5, 5.41) is 2.74. The Hall–Kier alpha value is -2.62. The molecule has 1 aromatic rings. The smallest absolute Gasteiger partial charge is 0.422 e. The van der Waals surface area contributed by atoms with Gasteiger partial charge in [0.2, 0.25) is 5.91 Å². The molecule has 1 atom stereocenters. The van der Waals surface area contributed by atoms with E-state index in [-0.39, 0.29) is 23.1 Å². The van der Waals surface area contributed by atoms with Crippen LogP contribution in [0.15, 0.2) is 23.2 Å². The van der Waals surface area contributed by atoms with Crippen LogP contribution >= 0.6 is 0 Å². The number of carbonyl (C=O) groups is 2. The van der Waals surface area contributed by atoms with Gasteiger partial charge in [-0.2, -0.15) is 18.2 Å². The molecular weight excluding hydrogens is 403 g/mol. The van der Waals surface area contributed by atoms with E-state index < -0.39 is 36.1 Å². The summed E-state index contributed by atoms with van der Waals surface area (Å²) in [4.78, 5) is 27.9. The van der Waals surface area contributed by atoms with Crippen LogP contribution in [0.4, 0.5) is 13.2 Å². The fourth-order valence-electron chi connectivity index (χ4n) is 3.35. The second kappa shape index (κ2) is 8.25. The summed E-state index contributed by atoms with van der Waals surface area (Å²) >= 11 is 0. The molecule has 1 unspecified atom stereocenters. The number of ether oxygens (including phenoxy) is 2. The molecule has 1 saturated carbocycles. The maximum atomic E-state index is 12.9. The van der Waals surface area contributed by atoms with Gasteiger partial charge >= 0.3 is 6.18 Å². The minimum Gasteiger partial charge on any atom is -0.484 e. The monoisotopic (exact) mass is 427 g/mol. The van der Waals surface area contributed by atoms with Crippen molar-refractivity contribution < 1.29 is 32.2 Å². The van der Waals surface area contributed by atoms with Crippen LogP contribution in [0, 0.1) is 5.41 Å². The molecule has 2 amide bonds. The highest BCUT2D eigenvalue weighted by atomic mass is 19.4. The fourth-order valence-corrected chi connectivity index (χ4v) is 3.35. The zero-order valence-corrected chi connectivity index (χ0v) is 16.7. The Morgan fingerprint density at radius 3 is 2.53 bits per heavy atom. The van der Waals surface area contributed by atoms with E-state index in [0.29, 0.717) is 18.8 Å². The normalized spacial score (nSPS) is 19.6. The summed E-state index contributed by atoms with van der Waals surface area (Å²) in [6, 6.07) is 3.70. The number of carbonyl (C=O) groups excluding carboxylic acids is 2. The van der Waals surface area contributed by atoms with Gasteiger partial charge in [-0.3, -0.25) is 9.59 Å². The zero-order valence-electron chi connectivity index (χ0n) is 16.7. The van der Waals surface area contributed by atoms with E-state index in [4.69, 9.17) is 15.2 Å². The van der Waals surface area contributed by atoms with Crippen molar-refractivity contribution in [3.05, 3.63) is 29.3 Å². The number of rotatable bonds is 7. The lowest BCUT2D eigenvalue weighted by molar-refractivity contribution is -0.153. The van der Waals surface area contributed by atoms with E-state index in [2.05, 4.69) is 10.3 Å². The van der Waals surface area contributed by atoms with Crippen LogP contribution in [0.2, 0.25) is 0 Å². The summed E-state index contributed by atoms with van der Waals surface area (Å²) in [5.74, 6) is -0.934. The number of amides is 2. The van der Waals surface area contributed by atoms with Gasteiger partial charge in [0.1, 0.15) is 11.6 Å². The molecule has 0 spiro atoms. The number of alkyl halides is 3. The lowest BCUT2D eigenvalue weighted by atomic mass is 9.79. The number of benzene rings is 1. The van der Waals surface area contributed by atoms with Crippen molar-refractivity contribution in [1.82, 2.24) is 5.32 Å². The van der Waals surface area contributed by atoms with Crippen LogP contribution in [-0.2, 0) is 9.53 Å². The third-order valence-electron chi connectivity index (χ3n) is 5.10. The van der Waals surface area contributed by atoms with E-state index in [0.717, 1.165) is 12.8 Å². The topological polar surface area (TPSA) is 103 Å². The van der Waals surface area contributed by atoms with Crippen molar-refractivity contribution in [2.24, 2.45) is 16.1 Å². The van der Waals surface area contributed by atoms with E-state index in [1.807, 2.05) is 6.92 Å². The van der Waals surface area contributed by atoms with Crippen LogP contribution in [0.1, 0.15) is 48.5 Å². The summed E-state index contributed by atoms with van der Waals surface area (Å²) < 4.78 is 48.1. The Morgan fingerprint density at radius 2 is 2.03 bits per heavy atom. The Bertz CT molecular complexity index is 861. The third kappa shape index (κ3) is 5.29. The Balaban J connectivity index is 1.83. The minimum absolute atomic E-state index is 0.0441. The highest BCUT2D eigenvalue weighted by Crippen LogP contribution is 2.44. The van der Waals surface area contributed by atoms with Gasteiger partial charge in [-0.1, -0.05) is 13.0 Å². The number of nitrogens with zero attached hydrogens (tertiary/aromatic N) is 1. The highest BCUT2D eigenvalue weighted by molar-refractivity contribution is 6.01. The van der Waals surface area contributed by atoms with E-state index in [9.17, 15) is 22.8 Å². The molecule has 0 bridgehead atoms. The molecule has 0 aromatic heterocycles. The molecular formula is C20H24F3N3O4. The van der Waals surface area contributed by atoms with Crippen molar-refractivity contribution in [1.29, 1.82) is 0 Å². The molecule has 1 aromatic carbocycles. The number of halogens is 3. The highest BCUT2D eigenvalue weighted by Gasteiger charge is 2.44. The van der Waals surface area contributed by atoms with Gasteiger partial charge in [-0.15, -0.1) is 0 Å². The Morgan fingerprint density at radius 1 is 1.37 bits per heavy atom. The van der Waals surface area contributed by atoms with Crippen molar-refractivity contribution >= 4 is 17.6 Å². The second-order valence-corrected chi connectivity index (χ2v) is 8.04. The first-order chi connectivity index (χ1) is 14.0. The first kappa shape index (κ1) is 22.1. The Labute approximate surface area is 171 Å². The van der Waals surface area contributed by atoms with Crippen molar-refractivity contribution in [3.8, 4) is 5.75 Å². The van der Waals surface area contributed by atoms with Crippen LogP contribution < -0.4 is 15.8 Å². The summed E-state index contributed by atoms with van der Waals surface area (Å²) in [5.41, 5.74) is 6.18. The number of aliphatic imine (C=N–C) groups is 1. The summed E-state index contributed by atoms with van der Waals surface area (Å²) in [7, 11) is 0. The molecule has 3 N–H and O–H groups in total. The SMILES string of the molecule is CC(=O)N=C(N)C(NC(=O)c1ccc(C2CC2)c(OCC(F)(F)F)c1)C1(C)COC1. The van der Waals surface area contributed by atoms with Crippen molar-refractivity contribution in [3.63, 3.8) is 0 Å². The van der Waals surface area contributed by atoms with Crippen molar-refractivity contribution in [2.45, 2.75) is 44.8 Å². The maximum absolute atomic E-state index is 12.9. The average molecular weight is 427 g/mol. The predicted molar refractivity (Wildman–Crippen MR) is 102 cm³/mol. The lowest BCUT2D eigenvalue weighted by Crippen LogP contribution is -2.61. The summed E-state index contributed by atoms with van der Waals surface area (Å²) in [6.45, 7) is 2.26. The first-order valence-corrected chi connectivity index (χ1v) is 9.55. The van der Waals surface area contributed by atoms with E-state index in [1.165, 1.54) is 13.0 Å². The quantitative estimate of drug-likeness (QED) is 0.514. The van der Waals surface area contributed by atoms with Gasteiger partial charge in [0.15, 0.2) is 6.61 Å². The molecule has 164 valence electrons. The van der Waals surface area contributed by atoms with E-state index in [1.54, 1.807) is 12.1 Å². The second-order valence-electron chi connectivity index (χ2n) is 8.04. The molecule has 0 radical (unpaired) electrons. The minimum atomic E-state index is -4.49. The van der Waals surface area contributed by atoms with Crippen LogP contribution in [-0.4, -0.2) is 49.7 Å². The lowest BCUT2D eigenvalue weighted by Gasteiger charge is -2.44. The van der Waals surface area contributed by atoms with Gasteiger partial charge in [-0.25, -0.2) is 0 Å². The molecule has 3 rings (SSSR count). The molecule has 1 heterocycles. The first-order valence-electron chi connectivity index (χ1n) is 9.55. The molecule has 7 nitrogen and oxygen atoms in total. The zero-order chi connectivity index (χ0) is 22.1. The largest absolute Gasteiger partial charge is 0.484 e. The fraction of sp³-hybridized carbons (Fsp3) is 0.550. The van der Waals surface area contributed by atoms with Crippen LogP contribution in [0.3, 0.4) is 0 Å². The van der Waals surface area contributed by atoms with Crippen LogP contribution in [0.25, 0.3) is 0 Å². The Kier molecular flexibility index (Phi) is 6.07. The van der Waals surface area contributed by atoms with Gasteiger partial charge in [0, 0.05) is 17.9 Å². The number of hydrogen-bond acceptors (Lipinski definition) is 4. The molecule has 2 aliphatic rings. The maximum Gasteiger partial charge on any atom is 0.422 e. The van der Waals surface area contributed by atoms with Crippen LogP contribution in [0.5, 0.6) is 5.75 Å². The molecule has 1 saturated heterocycles. The van der Waals surface area contributed by atoms with E-state index >= 15 is 0 Å². The third-order valence-corrected chi connectivity index (χ3v) is 5.10. The molecule has 2 fully saturated rings. The van der Waals surface area contributed by atoms with Crippen molar-refractivity contribution in [2.75, 3.05) is 19.8 Å². The number of amidine groups is 1. The number of hydrogen-bond donors (Lipinski definition) is 2. The van der Waals surface area contributed by atoms with Gasteiger partial charge in [-0.05, 0) is 36.5 Å². The molecule has 1 aliphatic heterocycles. The molecule has 1 aliphatic carbocycles. The standard InChI is InChI=1S/C20H24F3N3O4/c1-11(27)25-17(24)16(19(2)8-29-9-19)26-18(28)13-5-6-14(12-3-4-12)15(7-13)30-10-20(21,22)23/h5-7,12,16H,3-4,8-10H2,1-2H3,(H,26,28)(H2,24,25,27). The van der Waals surface area contributed by atoms with Gasteiger partial charge in [0.25, 0.3) is 5.91 Å². The molecule has 10 heteroatoms. The predicted octanol–water partition coefficient (Wildman–Crippen LogP) is 2.54. The number of nitrogens with two attached hydrogens (primary N) is 1.